The second-order valence-corrected chi connectivity index (χ2v) is 5.83. The summed E-state index contributed by atoms with van der Waals surface area (Å²) in [4.78, 5) is 6.51. The molecule has 0 bridgehead atoms. The number of H-pyrrole nitrogens is 1. The maximum absolute atomic E-state index is 13.8. The summed E-state index contributed by atoms with van der Waals surface area (Å²) in [5, 5.41) is 10.4. The number of nitrogens with zero attached hydrogens (tertiary/aromatic N) is 3. The van der Waals surface area contributed by atoms with Crippen LogP contribution in [0.15, 0.2) is 22.7 Å². The van der Waals surface area contributed by atoms with E-state index in [4.69, 9.17) is 0 Å². The molecular formula is C13H15BrFN5. The summed E-state index contributed by atoms with van der Waals surface area (Å²) in [6.07, 6.45) is 0. The van der Waals surface area contributed by atoms with Gasteiger partial charge in [-0.2, -0.15) is 4.98 Å². The maximum atomic E-state index is 13.8. The molecule has 1 aliphatic rings. The molecule has 7 heteroatoms. The molecule has 2 heterocycles. The Morgan fingerprint density at radius 3 is 3.10 bits per heavy atom. The number of aromatic nitrogens is 3. The van der Waals surface area contributed by atoms with Gasteiger partial charge in [0.05, 0.1) is 5.56 Å². The van der Waals surface area contributed by atoms with Crippen molar-refractivity contribution in [3.63, 3.8) is 0 Å². The number of rotatable bonds is 2. The van der Waals surface area contributed by atoms with E-state index < -0.39 is 0 Å². The Kier molecular flexibility index (Phi) is 3.71. The molecule has 1 aliphatic heterocycles. The van der Waals surface area contributed by atoms with E-state index in [0.717, 1.165) is 24.1 Å². The van der Waals surface area contributed by atoms with Gasteiger partial charge in [-0.25, -0.2) is 4.39 Å². The van der Waals surface area contributed by atoms with Crippen LogP contribution in [0.1, 0.15) is 6.92 Å². The Balaban J connectivity index is 1.88. The van der Waals surface area contributed by atoms with E-state index in [9.17, 15) is 4.39 Å². The van der Waals surface area contributed by atoms with Crippen LogP contribution < -0.4 is 10.2 Å². The van der Waals surface area contributed by atoms with Crippen molar-refractivity contribution in [3.8, 4) is 11.4 Å². The molecule has 0 spiro atoms. The maximum Gasteiger partial charge on any atom is 0.245 e. The molecule has 1 atom stereocenters. The van der Waals surface area contributed by atoms with Gasteiger partial charge in [0.2, 0.25) is 5.95 Å². The molecular weight excluding hydrogens is 325 g/mol. The largest absolute Gasteiger partial charge is 0.337 e. The molecule has 20 heavy (non-hydrogen) atoms. The van der Waals surface area contributed by atoms with E-state index >= 15 is 0 Å². The van der Waals surface area contributed by atoms with E-state index in [1.54, 1.807) is 12.1 Å². The fourth-order valence-corrected chi connectivity index (χ4v) is 2.67. The molecule has 5 nitrogen and oxygen atoms in total. The fraction of sp³-hybridized carbons (Fsp3) is 0.385. The summed E-state index contributed by atoms with van der Waals surface area (Å²) >= 11 is 3.34. The van der Waals surface area contributed by atoms with Gasteiger partial charge < -0.3 is 10.2 Å². The molecule has 0 radical (unpaired) electrons. The first-order valence-corrected chi connectivity index (χ1v) is 7.29. The molecule has 0 aliphatic carbocycles. The van der Waals surface area contributed by atoms with Gasteiger partial charge in [-0.3, -0.25) is 5.10 Å². The summed E-state index contributed by atoms with van der Waals surface area (Å²) in [5.41, 5.74) is 0.418. The minimum atomic E-state index is -0.315. The molecule has 0 saturated carbocycles. The van der Waals surface area contributed by atoms with Crippen LogP contribution in [-0.4, -0.2) is 40.9 Å². The Hall–Kier alpha value is -1.47. The van der Waals surface area contributed by atoms with Crippen molar-refractivity contribution in [1.29, 1.82) is 0 Å². The summed E-state index contributed by atoms with van der Waals surface area (Å²) in [5.74, 6) is 0.752. The lowest BCUT2D eigenvalue weighted by molar-refractivity contribution is 0.480. The van der Waals surface area contributed by atoms with Gasteiger partial charge in [-0.15, -0.1) is 5.10 Å². The Morgan fingerprint density at radius 1 is 1.45 bits per heavy atom. The minimum Gasteiger partial charge on any atom is -0.337 e. The third-order valence-corrected chi connectivity index (χ3v) is 3.80. The zero-order valence-electron chi connectivity index (χ0n) is 11.0. The van der Waals surface area contributed by atoms with E-state index in [2.05, 4.69) is 48.3 Å². The lowest BCUT2D eigenvalue weighted by Crippen LogP contribution is -2.49. The number of halogens is 2. The van der Waals surface area contributed by atoms with Crippen molar-refractivity contribution in [2.45, 2.75) is 13.0 Å². The van der Waals surface area contributed by atoms with E-state index in [0.29, 0.717) is 23.4 Å². The lowest BCUT2D eigenvalue weighted by Gasteiger charge is -2.30. The molecule has 1 saturated heterocycles. The van der Waals surface area contributed by atoms with Gasteiger partial charge in [0, 0.05) is 30.1 Å². The topological polar surface area (TPSA) is 56.8 Å². The highest BCUT2D eigenvalue weighted by atomic mass is 79.9. The lowest BCUT2D eigenvalue weighted by atomic mass is 10.2. The van der Waals surface area contributed by atoms with Gasteiger partial charge in [0.25, 0.3) is 0 Å². The Bertz CT molecular complexity index is 615. The first kappa shape index (κ1) is 13.5. The van der Waals surface area contributed by atoms with Crippen molar-refractivity contribution in [3.05, 3.63) is 28.5 Å². The summed E-state index contributed by atoms with van der Waals surface area (Å²) in [6, 6.07) is 5.16. The van der Waals surface area contributed by atoms with Crippen molar-refractivity contribution >= 4 is 21.9 Å². The van der Waals surface area contributed by atoms with Crippen LogP contribution in [0.25, 0.3) is 11.4 Å². The van der Waals surface area contributed by atoms with Crippen LogP contribution in [-0.2, 0) is 0 Å². The predicted molar refractivity (Wildman–Crippen MR) is 79.2 cm³/mol. The van der Waals surface area contributed by atoms with Crippen molar-refractivity contribution < 1.29 is 4.39 Å². The Labute approximate surface area is 124 Å². The standard InChI is InChI=1S/C13H15BrFN5/c1-8-7-20(5-4-16-8)13-17-12(18-19-13)10-6-9(14)2-3-11(10)15/h2-3,6,8,16H,4-5,7H2,1H3,(H,17,18,19). The van der Waals surface area contributed by atoms with E-state index in [1.165, 1.54) is 6.07 Å². The van der Waals surface area contributed by atoms with Crippen LogP contribution >= 0.6 is 15.9 Å². The third kappa shape index (κ3) is 2.69. The van der Waals surface area contributed by atoms with Crippen LogP contribution in [0.2, 0.25) is 0 Å². The van der Waals surface area contributed by atoms with Crippen LogP contribution in [0.5, 0.6) is 0 Å². The fourth-order valence-electron chi connectivity index (χ4n) is 2.31. The van der Waals surface area contributed by atoms with Gasteiger partial charge >= 0.3 is 0 Å². The molecule has 3 rings (SSSR count). The normalized spacial score (nSPS) is 19.4. The molecule has 106 valence electrons. The number of benzene rings is 1. The Morgan fingerprint density at radius 2 is 2.30 bits per heavy atom. The van der Waals surface area contributed by atoms with Gasteiger partial charge in [-0.05, 0) is 25.1 Å². The van der Waals surface area contributed by atoms with Crippen molar-refractivity contribution in [1.82, 2.24) is 20.5 Å². The smallest absolute Gasteiger partial charge is 0.245 e. The zero-order valence-corrected chi connectivity index (χ0v) is 12.6. The van der Waals surface area contributed by atoms with E-state index in [1.807, 2.05) is 0 Å². The number of nitrogens with one attached hydrogen (secondary N) is 2. The average molecular weight is 340 g/mol. The summed E-state index contributed by atoms with van der Waals surface area (Å²) in [7, 11) is 0. The monoisotopic (exact) mass is 339 g/mol. The number of aromatic amines is 1. The zero-order chi connectivity index (χ0) is 14.1. The predicted octanol–water partition coefficient (Wildman–Crippen LogP) is 2.17. The van der Waals surface area contributed by atoms with Crippen molar-refractivity contribution in [2.75, 3.05) is 24.5 Å². The molecule has 0 amide bonds. The van der Waals surface area contributed by atoms with Crippen LogP contribution in [0.4, 0.5) is 10.3 Å². The van der Waals surface area contributed by atoms with Crippen molar-refractivity contribution in [2.24, 2.45) is 0 Å². The molecule has 1 aromatic heterocycles. The summed E-state index contributed by atoms with van der Waals surface area (Å²) in [6.45, 7) is 4.71. The van der Waals surface area contributed by atoms with Crippen LogP contribution in [0.3, 0.4) is 0 Å². The van der Waals surface area contributed by atoms with Crippen LogP contribution in [0, 0.1) is 5.82 Å². The molecule has 2 N–H and O–H groups in total. The van der Waals surface area contributed by atoms with Gasteiger partial charge in [-0.1, -0.05) is 15.9 Å². The average Bonchev–Trinajstić information content (AvgIpc) is 2.91. The van der Waals surface area contributed by atoms with Gasteiger partial charge in [0.1, 0.15) is 5.82 Å². The number of hydrogen-bond acceptors (Lipinski definition) is 4. The SMILES string of the molecule is CC1CN(c2n[nH]c(-c3cc(Br)ccc3F)n2)CCN1. The number of hydrogen-bond donors (Lipinski definition) is 2. The molecule has 1 unspecified atom stereocenters. The second-order valence-electron chi connectivity index (χ2n) is 4.91. The second kappa shape index (κ2) is 5.49. The molecule has 2 aromatic rings. The third-order valence-electron chi connectivity index (χ3n) is 3.31. The number of piperazine rings is 1. The first-order chi connectivity index (χ1) is 9.63. The van der Waals surface area contributed by atoms with Gasteiger partial charge in [0.15, 0.2) is 5.82 Å². The summed E-state index contributed by atoms with van der Waals surface area (Å²) < 4.78 is 14.6. The quantitative estimate of drug-likeness (QED) is 0.880. The highest BCUT2D eigenvalue weighted by molar-refractivity contribution is 9.10. The molecule has 1 aromatic carbocycles. The highest BCUT2D eigenvalue weighted by Crippen LogP contribution is 2.24. The minimum absolute atomic E-state index is 0.315. The highest BCUT2D eigenvalue weighted by Gasteiger charge is 2.20. The first-order valence-electron chi connectivity index (χ1n) is 6.49. The molecule has 1 fully saturated rings. The van der Waals surface area contributed by atoms with E-state index in [-0.39, 0.29) is 5.82 Å². The number of anilines is 1.